The number of nitrogen functional groups attached to an aromatic ring is 1. The van der Waals surface area contributed by atoms with Crippen molar-refractivity contribution in [1.82, 2.24) is 9.97 Å². The summed E-state index contributed by atoms with van der Waals surface area (Å²) in [4.78, 5) is 18.2. The van der Waals surface area contributed by atoms with Crippen LogP contribution in [0.5, 0.6) is 0 Å². The van der Waals surface area contributed by atoms with E-state index in [0.29, 0.717) is 5.56 Å². The van der Waals surface area contributed by atoms with Gasteiger partial charge in [-0.2, -0.15) is 0 Å². The average Bonchev–Trinajstić information content (AvgIpc) is 3.10. The van der Waals surface area contributed by atoms with E-state index >= 15 is 0 Å². The van der Waals surface area contributed by atoms with Gasteiger partial charge in [0.05, 0.1) is 11.9 Å². The van der Waals surface area contributed by atoms with E-state index in [9.17, 15) is 4.79 Å². The van der Waals surface area contributed by atoms with Crippen LogP contribution < -0.4 is 5.73 Å². The Kier molecular flexibility index (Phi) is 4.43. The fraction of sp³-hybridized carbons (Fsp3) is 0. The number of hydrogen-bond acceptors (Lipinski definition) is 3. The van der Waals surface area contributed by atoms with Crippen LogP contribution in [0.25, 0.3) is 28.7 Å². The molecule has 3 rings (SSSR count). The van der Waals surface area contributed by atoms with Crippen molar-refractivity contribution < 1.29 is 9.90 Å². The molecule has 0 amide bonds. The van der Waals surface area contributed by atoms with Crippen LogP contribution in [0.1, 0.15) is 11.1 Å². The van der Waals surface area contributed by atoms with Crippen LogP contribution >= 0.6 is 0 Å². The molecule has 2 aromatic carbocycles. The minimum Gasteiger partial charge on any atom is -0.478 e. The van der Waals surface area contributed by atoms with E-state index in [1.54, 1.807) is 18.3 Å². The highest BCUT2D eigenvalue weighted by Crippen LogP contribution is 2.23. The summed E-state index contributed by atoms with van der Waals surface area (Å²) in [5.74, 6) is -0.219. The van der Waals surface area contributed by atoms with Crippen LogP contribution in [0, 0.1) is 5.41 Å². The molecule has 0 fully saturated rings. The zero-order valence-corrected chi connectivity index (χ0v) is 13.2. The Balaban J connectivity index is 1.81. The van der Waals surface area contributed by atoms with Crippen molar-refractivity contribution in [2.45, 2.75) is 0 Å². The summed E-state index contributed by atoms with van der Waals surface area (Å²) in [6.07, 6.45) is 4.39. The third-order valence-electron chi connectivity index (χ3n) is 3.69. The number of aliphatic carboxylic acids is 1. The number of carboxylic acids is 1. The predicted molar refractivity (Wildman–Crippen MR) is 97.1 cm³/mol. The number of amidine groups is 1. The number of carboxylic acid groups (broad SMARTS) is 1. The van der Waals surface area contributed by atoms with Crippen molar-refractivity contribution in [1.29, 1.82) is 5.41 Å². The van der Waals surface area contributed by atoms with E-state index in [2.05, 4.69) is 9.97 Å². The predicted octanol–water partition coefficient (Wildman–Crippen LogP) is 3.13. The summed E-state index contributed by atoms with van der Waals surface area (Å²) in [5, 5.41) is 16.1. The molecule has 3 aromatic rings. The van der Waals surface area contributed by atoms with Crippen molar-refractivity contribution >= 4 is 17.9 Å². The molecule has 0 atom stereocenters. The van der Waals surface area contributed by atoms with Crippen molar-refractivity contribution in [3.8, 4) is 22.6 Å². The molecule has 0 radical (unpaired) electrons. The molecular weight excluding hydrogens is 316 g/mol. The van der Waals surface area contributed by atoms with Crippen molar-refractivity contribution in [2.75, 3.05) is 0 Å². The first-order valence-corrected chi connectivity index (χ1v) is 7.54. The largest absolute Gasteiger partial charge is 0.478 e. The molecule has 6 nitrogen and oxygen atoms in total. The second-order valence-electron chi connectivity index (χ2n) is 5.43. The van der Waals surface area contributed by atoms with E-state index in [-0.39, 0.29) is 5.84 Å². The van der Waals surface area contributed by atoms with E-state index in [1.165, 1.54) is 6.08 Å². The Bertz CT molecular complexity index is 938. The maximum Gasteiger partial charge on any atom is 0.328 e. The lowest BCUT2D eigenvalue weighted by Crippen LogP contribution is -2.10. The average molecular weight is 332 g/mol. The van der Waals surface area contributed by atoms with Gasteiger partial charge in [0.1, 0.15) is 11.7 Å². The van der Waals surface area contributed by atoms with Crippen LogP contribution in [-0.2, 0) is 4.79 Å². The second kappa shape index (κ2) is 6.84. The number of H-pyrrole nitrogens is 1. The molecule has 25 heavy (non-hydrogen) atoms. The van der Waals surface area contributed by atoms with Gasteiger partial charge < -0.3 is 15.8 Å². The van der Waals surface area contributed by atoms with Gasteiger partial charge in [0, 0.05) is 17.2 Å². The van der Waals surface area contributed by atoms with E-state index in [4.69, 9.17) is 16.2 Å². The fourth-order valence-corrected chi connectivity index (χ4v) is 2.36. The molecule has 0 unspecified atom stereocenters. The number of nitrogens with one attached hydrogen (secondary N) is 2. The molecular formula is C19H16N4O2. The molecule has 1 heterocycles. The lowest BCUT2D eigenvalue weighted by molar-refractivity contribution is -0.131. The van der Waals surface area contributed by atoms with Crippen LogP contribution in [0.3, 0.4) is 0 Å². The lowest BCUT2D eigenvalue weighted by Gasteiger charge is -2.01. The van der Waals surface area contributed by atoms with Crippen molar-refractivity contribution in [3.05, 3.63) is 71.9 Å². The van der Waals surface area contributed by atoms with E-state index < -0.39 is 5.97 Å². The standard InChI is InChI=1S/C19H16N4O2/c20-18(21)14-8-6-13(7-9-14)16-11-22-19(23-16)15-4-1-12(2-5-15)3-10-17(24)25/h1-11H,(H3,20,21)(H,22,23)(H,24,25). The summed E-state index contributed by atoms with van der Waals surface area (Å²) in [6.45, 7) is 0. The topological polar surface area (TPSA) is 116 Å². The third kappa shape index (κ3) is 3.81. The van der Waals surface area contributed by atoms with Gasteiger partial charge in [0.25, 0.3) is 0 Å². The van der Waals surface area contributed by atoms with Gasteiger partial charge in [0.2, 0.25) is 0 Å². The summed E-state index contributed by atoms with van der Waals surface area (Å²) in [6, 6.07) is 14.8. The number of nitrogens with two attached hydrogens (primary N) is 1. The van der Waals surface area contributed by atoms with Gasteiger partial charge in [-0.25, -0.2) is 9.78 Å². The molecule has 0 aliphatic rings. The zero-order valence-electron chi connectivity index (χ0n) is 13.2. The van der Waals surface area contributed by atoms with Crippen LogP contribution in [-0.4, -0.2) is 26.9 Å². The maximum absolute atomic E-state index is 10.5. The Hall–Kier alpha value is -3.67. The van der Waals surface area contributed by atoms with Crippen molar-refractivity contribution in [3.63, 3.8) is 0 Å². The summed E-state index contributed by atoms with van der Waals surface area (Å²) < 4.78 is 0. The van der Waals surface area contributed by atoms with Gasteiger partial charge in [-0.15, -0.1) is 0 Å². The molecule has 0 spiro atoms. The Morgan fingerprint density at radius 2 is 1.72 bits per heavy atom. The first-order valence-electron chi connectivity index (χ1n) is 7.54. The number of carbonyl (C=O) groups is 1. The highest BCUT2D eigenvalue weighted by atomic mass is 16.4. The van der Waals surface area contributed by atoms with E-state index in [1.807, 2.05) is 36.4 Å². The highest BCUT2D eigenvalue weighted by molar-refractivity contribution is 5.95. The number of benzene rings is 2. The molecule has 0 aliphatic heterocycles. The first-order chi connectivity index (χ1) is 12.0. The molecule has 0 bridgehead atoms. The monoisotopic (exact) mass is 332 g/mol. The minimum atomic E-state index is -0.976. The van der Waals surface area contributed by atoms with E-state index in [0.717, 1.165) is 34.3 Å². The Morgan fingerprint density at radius 1 is 1.08 bits per heavy atom. The molecule has 0 aliphatic carbocycles. The zero-order chi connectivity index (χ0) is 17.8. The SMILES string of the molecule is N=C(N)c1ccc(-c2cnc(-c3ccc(C=CC(=O)O)cc3)[nH]2)cc1. The molecule has 5 N–H and O–H groups in total. The fourth-order valence-electron chi connectivity index (χ4n) is 2.36. The van der Waals surface area contributed by atoms with Gasteiger partial charge in [-0.05, 0) is 17.2 Å². The van der Waals surface area contributed by atoms with Gasteiger partial charge in [0.15, 0.2) is 0 Å². The normalized spacial score (nSPS) is 10.9. The number of imidazole rings is 1. The smallest absolute Gasteiger partial charge is 0.328 e. The molecule has 1 aromatic heterocycles. The first kappa shape index (κ1) is 16.2. The summed E-state index contributed by atoms with van der Waals surface area (Å²) in [5.41, 5.74) is 9.65. The summed E-state index contributed by atoms with van der Waals surface area (Å²) >= 11 is 0. The lowest BCUT2D eigenvalue weighted by atomic mass is 10.1. The quantitative estimate of drug-likeness (QED) is 0.326. The molecule has 0 saturated carbocycles. The third-order valence-corrected chi connectivity index (χ3v) is 3.69. The van der Waals surface area contributed by atoms with Crippen LogP contribution in [0.4, 0.5) is 0 Å². The second-order valence-corrected chi connectivity index (χ2v) is 5.43. The number of aromatic amines is 1. The number of nitrogens with zero attached hydrogens (tertiary/aromatic N) is 1. The van der Waals surface area contributed by atoms with Gasteiger partial charge in [-0.3, -0.25) is 5.41 Å². The minimum absolute atomic E-state index is 0.0360. The summed E-state index contributed by atoms with van der Waals surface area (Å²) in [7, 11) is 0. The Labute approximate surface area is 144 Å². The maximum atomic E-state index is 10.5. The van der Waals surface area contributed by atoms with Crippen LogP contribution in [0.2, 0.25) is 0 Å². The highest BCUT2D eigenvalue weighted by Gasteiger charge is 2.06. The van der Waals surface area contributed by atoms with Crippen LogP contribution in [0.15, 0.2) is 60.8 Å². The number of aromatic nitrogens is 2. The molecule has 124 valence electrons. The van der Waals surface area contributed by atoms with Crippen molar-refractivity contribution in [2.24, 2.45) is 5.73 Å². The molecule has 0 saturated heterocycles. The molecule has 6 heteroatoms. The number of rotatable bonds is 5. The van der Waals surface area contributed by atoms with Gasteiger partial charge >= 0.3 is 5.97 Å². The van der Waals surface area contributed by atoms with Gasteiger partial charge in [-0.1, -0.05) is 48.5 Å². The Morgan fingerprint density at radius 3 is 2.32 bits per heavy atom. The number of hydrogen-bond donors (Lipinski definition) is 4.